The Bertz CT molecular complexity index is 506. The molecule has 1 N–H and O–H groups in total. The average molecular weight is 222 g/mol. The zero-order valence-corrected chi connectivity index (χ0v) is 8.61. The number of aromatic amines is 1. The van der Waals surface area contributed by atoms with Crippen molar-refractivity contribution in [1.82, 2.24) is 15.0 Å². The maximum absolute atomic E-state index is 12.9. The van der Waals surface area contributed by atoms with E-state index in [9.17, 15) is 4.39 Å². The van der Waals surface area contributed by atoms with Crippen LogP contribution in [-0.4, -0.2) is 34.8 Å². The molecule has 0 aromatic carbocycles. The number of aromatic nitrogens is 3. The van der Waals surface area contributed by atoms with Gasteiger partial charge >= 0.3 is 0 Å². The lowest BCUT2D eigenvalue weighted by Crippen LogP contribution is -2.33. The summed E-state index contributed by atoms with van der Waals surface area (Å²) in [5, 5.41) is 0. The number of pyridine rings is 1. The molecule has 1 aliphatic rings. The molecule has 1 saturated heterocycles. The molecule has 3 rings (SSSR count). The smallest absolute Gasteiger partial charge is 0.215 e. The van der Waals surface area contributed by atoms with Crippen molar-refractivity contribution in [2.75, 3.05) is 24.8 Å². The average Bonchev–Trinajstić information content (AvgIpc) is 2.73. The first kappa shape index (κ1) is 9.53. The fourth-order valence-electron chi connectivity index (χ4n) is 1.77. The maximum atomic E-state index is 12.9. The number of halogens is 1. The van der Waals surface area contributed by atoms with Gasteiger partial charge in [0.05, 0.1) is 12.1 Å². The van der Waals surface area contributed by atoms with Crippen molar-refractivity contribution in [1.29, 1.82) is 0 Å². The van der Waals surface area contributed by atoms with Crippen LogP contribution in [0.1, 0.15) is 6.42 Å². The van der Waals surface area contributed by atoms with Gasteiger partial charge in [0, 0.05) is 6.54 Å². The van der Waals surface area contributed by atoms with Crippen LogP contribution in [0.2, 0.25) is 0 Å². The molecule has 0 radical (unpaired) electrons. The van der Waals surface area contributed by atoms with E-state index in [1.807, 2.05) is 4.90 Å². The molecule has 0 unspecified atom stereocenters. The van der Waals surface area contributed by atoms with Crippen molar-refractivity contribution < 1.29 is 9.13 Å². The number of anilines is 1. The van der Waals surface area contributed by atoms with Crippen molar-refractivity contribution in [2.45, 2.75) is 6.42 Å². The molecule has 0 spiro atoms. The molecule has 5 nitrogen and oxygen atoms in total. The zero-order chi connectivity index (χ0) is 11.0. The SMILES string of the molecule is Fc1ccc2[nH]c(N3CCCOC3)nc2n1. The lowest BCUT2D eigenvalue weighted by Gasteiger charge is -2.25. The van der Waals surface area contributed by atoms with Gasteiger partial charge in [-0.3, -0.25) is 0 Å². The summed E-state index contributed by atoms with van der Waals surface area (Å²) in [6.45, 7) is 2.19. The Hall–Kier alpha value is -1.69. The second-order valence-electron chi connectivity index (χ2n) is 3.72. The van der Waals surface area contributed by atoms with E-state index in [2.05, 4.69) is 15.0 Å². The summed E-state index contributed by atoms with van der Waals surface area (Å²) in [4.78, 5) is 13.0. The normalized spacial score (nSPS) is 16.9. The molecule has 1 aliphatic heterocycles. The molecule has 16 heavy (non-hydrogen) atoms. The van der Waals surface area contributed by atoms with Crippen molar-refractivity contribution in [2.24, 2.45) is 0 Å². The number of fused-ring (bicyclic) bond motifs is 1. The van der Waals surface area contributed by atoms with E-state index in [0.29, 0.717) is 18.3 Å². The highest BCUT2D eigenvalue weighted by Crippen LogP contribution is 2.17. The van der Waals surface area contributed by atoms with E-state index in [1.54, 1.807) is 6.07 Å². The molecule has 0 amide bonds. The lowest BCUT2D eigenvalue weighted by atomic mass is 10.4. The Labute approximate surface area is 91.3 Å². The fourth-order valence-corrected chi connectivity index (χ4v) is 1.77. The minimum Gasteiger partial charge on any atom is -0.361 e. The minimum absolute atomic E-state index is 0.403. The van der Waals surface area contributed by atoms with E-state index in [0.717, 1.165) is 25.1 Å². The number of nitrogens with zero attached hydrogens (tertiary/aromatic N) is 3. The molecule has 0 saturated carbocycles. The van der Waals surface area contributed by atoms with Gasteiger partial charge in [-0.25, -0.2) is 0 Å². The van der Waals surface area contributed by atoms with Gasteiger partial charge in [0.1, 0.15) is 6.73 Å². The van der Waals surface area contributed by atoms with E-state index in [4.69, 9.17) is 4.74 Å². The topological polar surface area (TPSA) is 54.0 Å². The first-order chi connectivity index (χ1) is 7.83. The van der Waals surface area contributed by atoms with Crippen LogP contribution in [0.5, 0.6) is 0 Å². The molecular weight excluding hydrogens is 211 g/mol. The summed E-state index contributed by atoms with van der Waals surface area (Å²) < 4.78 is 18.2. The number of nitrogens with one attached hydrogen (secondary N) is 1. The second-order valence-corrected chi connectivity index (χ2v) is 3.72. The summed E-state index contributed by atoms with van der Waals surface area (Å²) in [7, 11) is 0. The first-order valence-corrected chi connectivity index (χ1v) is 5.18. The highest BCUT2D eigenvalue weighted by atomic mass is 19.1. The standard InChI is InChI=1S/C10H11FN4O/c11-8-3-2-7-9(13-8)14-10(12-7)15-4-1-5-16-6-15/h2-3H,1,4-6H2,(H,12,13,14). The van der Waals surface area contributed by atoms with Gasteiger partial charge in [-0.2, -0.15) is 14.4 Å². The van der Waals surface area contributed by atoms with Gasteiger partial charge in [0.2, 0.25) is 11.9 Å². The van der Waals surface area contributed by atoms with Crippen LogP contribution in [0.4, 0.5) is 10.3 Å². The Morgan fingerprint density at radius 2 is 2.31 bits per heavy atom. The second kappa shape index (κ2) is 3.71. The van der Waals surface area contributed by atoms with Gasteiger partial charge in [0.15, 0.2) is 5.65 Å². The number of rotatable bonds is 1. The van der Waals surface area contributed by atoms with Crippen molar-refractivity contribution in [3.8, 4) is 0 Å². The van der Waals surface area contributed by atoms with Crippen LogP contribution in [0.3, 0.4) is 0 Å². The summed E-state index contributed by atoms with van der Waals surface area (Å²) in [5.74, 6) is 0.174. The van der Waals surface area contributed by atoms with Crippen LogP contribution in [0.15, 0.2) is 12.1 Å². The molecule has 6 heteroatoms. The molecule has 1 fully saturated rings. The first-order valence-electron chi connectivity index (χ1n) is 5.18. The summed E-state index contributed by atoms with van der Waals surface area (Å²) in [6, 6.07) is 2.95. The Kier molecular flexibility index (Phi) is 2.21. The summed E-state index contributed by atoms with van der Waals surface area (Å²) in [6.07, 6.45) is 0.971. The third kappa shape index (κ3) is 1.61. The highest BCUT2D eigenvalue weighted by Gasteiger charge is 2.15. The van der Waals surface area contributed by atoms with E-state index in [-0.39, 0.29) is 0 Å². The van der Waals surface area contributed by atoms with Crippen molar-refractivity contribution >= 4 is 17.1 Å². The van der Waals surface area contributed by atoms with Gasteiger partial charge in [-0.15, -0.1) is 0 Å². The molecule has 84 valence electrons. The van der Waals surface area contributed by atoms with Crippen LogP contribution in [0, 0.1) is 5.95 Å². The van der Waals surface area contributed by atoms with Crippen LogP contribution in [0.25, 0.3) is 11.2 Å². The molecule has 0 bridgehead atoms. The summed E-state index contributed by atoms with van der Waals surface area (Å²) >= 11 is 0. The molecular formula is C10H11FN4O. The van der Waals surface area contributed by atoms with Crippen molar-refractivity contribution in [3.63, 3.8) is 0 Å². The predicted molar refractivity (Wildman–Crippen MR) is 56.6 cm³/mol. The van der Waals surface area contributed by atoms with E-state index in [1.165, 1.54) is 6.07 Å². The van der Waals surface area contributed by atoms with Gasteiger partial charge in [-0.05, 0) is 18.6 Å². The van der Waals surface area contributed by atoms with Crippen molar-refractivity contribution in [3.05, 3.63) is 18.1 Å². The Morgan fingerprint density at radius 3 is 3.12 bits per heavy atom. The highest BCUT2D eigenvalue weighted by molar-refractivity contribution is 5.73. The monoisotopic (exact) mass is 222 g/mol. The zero-order valence-electron chi connectivity index (χ0n) is 8.61. The van der Waals surface area contributed by atoms with Crippen LogP contribution >= 0.6 is 0 Å². The number of hydrogen-bond acceptors (Lipinski definition) is 4. The van der Waals surface area contributed by atoms with Gasteiger partial charge in [-0.1, -0.05) is 0 Å². The molecule has 0 aliphatic carbocycles. The number of ether oxygens (including phenoxy) is 1. The maximum Gasteiger partial charge on any atom is 0.215 e. The third-order valence-corrected chi connectivity index (χ3v) is 2.56. The number of H-pyrrole nitrogens is 1. The quantitative estimate of drug-likeness (QED) is 0.738. The summed E-state index contributed by atoms with van der Waals surface area (Å²) in [5.41, 5.74) is 1.14. The largest absolute Gasteiger partial charge is 0.361 e. The van der Waals surface area contributed by atoms with Crippen LogP contribution < -0.4 is 4.90 Å². The predicted octanol–water partition coefficient (Wildman–Crippen LogP) is 1.28. The molecule has 3 heterocycles. The Balaban J connectivity index is 1.97. The third-order valence-electron chi connectivity index (χ3n) is 2.56. The Morgan fingerprint density at radius 1 is 1.38 bits per heavy atom. The molecule has 0 atom stereocenters. The van der Waals surface area contributed by atoms with Crippen LogP contribution in [-0.2, 0) is 4.74 Å². The molecule has 2 aromatic rings. The number of imidazole rings is 1. The number of hydrogen-bond donors (Lipinski definition) is 1. The van der Waals surface area contributed by atoms with E-state index >= 15 is 0 Å². The van der Waals surface area contributed by atoms with Gasteiger partial charge < -0.3 is 14.6 Å². The molecule has 2 aromatic heterocycles. The van der Waals surface area contributed by atoms with E-state index < -0.39 is 5.95 Å². The lowest BCUT2D eigenvalue weighted by molar-refractivity contribution is 0.106. The fraction of sp³-hybridized carbons (Fsp3) is 0.400. The van der Waals surface area contributed by atoms with Gasteiger partial charge in [0.25, 0.3) is 0 Å². The minimum atomic E-state index is -0.513.